The highest BCUT2D eigenvalue weighted by molar-refractivity contribution is 7.13. The van der Waals surface area contributed by atoms with E-state index in [9.17, 15) is 9.59 Å². The van der Waals surface area contributed by atoms with Crippen molar-refractivity contribution in [1.82, 2.24) is 18.6 Å². The maximum Gasteiger partial charge on any atom is 0.268 e. The summed E-state index contributed by atoms with van der Waals surface area (Å²) in [6.45, 7) is 5.42. The van der Waals surface area contributed by atoms with Crippen LogP contribution in [0.25, 0.3) is 10.1 Å². The third-order valence-corrected chi connectivity index (χ3v) is 5.50. The number of hydrogen-bond acceptors (Lipinski definition) is 4. The van der Waals surface area contributed by atoms with Gasteiger partial charge in [0.2, 0.25) is 5.91 Å². The van der Waals surface area contributed by atoms with Gasteiger partial charge >= 0.3 is 0 Å². The van der Waals surface area contributed by atoms with E-state index in [1.807, 2.05) is 42.8 Å². The number of rotatable bonds is 3. The predicted molar refractivity (Wildman–Crippen MR) is 93.4 cm³/mol. The van der Waals surface area contributed by atoms with Gasteiger partial charge in [-0.1, -0.05) is 23.7 Å². The zero-order valence-corrected chi connectivity index (χ0v) is 14.4. The summed E-state index contributed by atoms with van der Waals surface area (Å²) >= 11 is 1.35. The highest BCUT2D eigenvalue weighted by atomic mass is 32.1. The second-order valence-electron chi connectivity index (χ2n) is 6.25. The summed E-state index contributed by atoms with van der Waals surface area (Å²) in [5.41, 5.74) is 2.03. The molecule has 3 heterocycles. The molecule has 0 N–H and O–H groups in total. The minimum Gasteiger partial charge on any atom is -0.337 e. The van der Waals surface area contributed by atoms with E-state index in [0.717, 1.165) is 16.1 Å². The summed E-state index contributed by atoms with van der Waals surface area (Å²) in [7, 11) is 0. The number of aromatic nitrogens is 3. The number of hydrogen-bond donors (Lipinski definition) is 0. The lowest BCUT2D eigenvalue weighted by molar-refractivity contribution is -0.137. The quantitative estimate of drug-likeness (QED) is 0.731. The van der Waals surface area contributed by atoms with E-state index < -0.39 is 0 Å². The zero-order valence-electron chi connectivity index (χ0n) is 13.6. The molecule has 1 aromatic carbocycles. The number of aryl methyl sites for hydroxylation is 2. The zero-order chi connectivity index (χ0) is 16.8. The fourth-order valence-corrected chi connectivity index (χ4v) is 4.16. The van der Waals surface area contributed by atoms with E-state index in [-0.39, 0.29) is 24.1 Å². The molecule has 0 atom stereocenters. The molecule has 1 aliphatic heterocycles. The minimum atomic E-state index is -0.0837. The van der Waals surface area contributed by atoms with Crippen LogP contribution in [-0.4, -0.2) is 37.6 Å². The fraction of sp³-hybridized carbons (Fsp3) is 0.353. The number of carbonyl (C=O) groups excluding carboxylic acids is 1. The van der Waals surface area contributed by atoms with Crippen LogP contribution in [0.4, 0.5) is 0 Å². The van der Waals surface area contributed by atoms with Gasteiger partial charge in [-0.15, -0.1) is 0 Å². The first kappa shape index (κ1) is 15.1. The van der Waals surface area contributed by atoms with Crippen LogP contribution in [0.3, 0.4) is 0 Å². The Labute approximate surface area is 143 Å². The van der Waals surface area contributed by atoms with Crippen LogP contribution in [0.5, 0.6) is 0 Å². The third kappa shape index (κ3) is 2.45. The number of carbonyl (C=O) groups is 1. The highest BCUT2D eigenvalue weighted by Crippen LogP contribution is 2.23. The summed E-state index contributed by atoms with van der Waals surface area (Å²) in [5, 5.41) is 5.16. The molecule has 0 bridgehead atoms. The van der Waals surface area contributed by atoms with E-state index in [1.54, 1.807) is 14.9 Å². The first-order valence-corrected chi connectivity index (χ1v) is 8.69. The molecule has 3 aromatic rings. The molecule has 7 heteroatoms. The number of amides is 1. The van der Waals surface area contributed by atoms with Crippen LogP contribution >= 0.6 is 11.5 Å². The van der Waals surface area contributed by atoms with Crippen molar-refractivity contribution in [2.24, 2.45) is 0 Å². The van der Waals surface area contributed by atoms with Gasteiger partial charge in [0.25, 0.3) is 5.56 Å². The fourth-order valence-electron chi connectivity index (χ4n) is 3.17. The Hall–Kier alpha value is -2.41. The van der Waals surface area contributed by atoms with Gasteiger partial charge in [-0.3, -0.25) is 18.2 Å². The normalized spacial score (nSPS) is 15.0. The van der Waals surface area contributed by atoms with Crippen molar-refractivity contribution in [3.05, 3.63) is 52.1 Å². The van der Waals surface area contributed by atoms with Gasteiger partial charge in [0.1, 0.15) is 6.54 Å². The van der Waals surface area contributed by atoms with Gasteiger partial charge in [0.15, 0.2) is 0 Å². The van der Waals surface area contributed by atoms with Crippen molar-refractivity contribution in [3.8, 4) is 0 Å². The largest absolute Gasteiger partial charge is 0.337 e. The molecule has 24 heavy (non-hydrogen) atoms. The van der Waals surface area contributed by atoms with Crippen LogP contribution in [-0.2, 0) is 11.3 Å². The molecule has 1 aliphatic rings. The SMILES string of the molecule is Cc1cc(C)n(C2CN(C(=O)Cn3sc4ccccc4c3=O)C2)n1. The van der Waals surface area contributed by atoms with Gasteiger partial charge in [0, 0.05) is 18.8 Å². The maximum absolute atomic E-state index is 12.4. The molecule has 4 rings (SSSR count). The summed E-state index contributed by atoms with van der Waals surface area (Å²) in [6.07, 6.45) is 0. The molecular weight excluding hydrogens is 324 g/mol. The van der Waals surface area contributed by atoms with Gasteiger partial charge in [0.05, 0.1) is 21.8 Å². The maximum atomic E-state index is 12.4. The van der Waals surface area contributed by atoms with Crippen LogP contribution in [0.1, 0.15) is 17.4 Å². The van der Waals surface area contributed by atoms with Crippen LogP contribution < -0.4 is 5.56 Å². The summed E-state index contributed by atoms with van der Waals surface area (Å²) in [5.74, 6) is -0.0126. The Morgan fingerprint density at radius 2 is 2.04 bits per heavy atom. The van der Waals surface area contributed by atoms with Crippen molar-refractivity contribution in [2.75, 3.05) is 13.1 Å². The molecule has 0 saturated carbocycles. The molecule has 1 amide bonds. The Morgan fingerprint density at radius 3 is 2.71 bits per heavy atom. The Kier molecular flexibility index (Phi) is 3.53. The third-order valence-electron chi connectivity index (χ3n) is 4.44. The molecule has 1 fully saturated rings. The lowest BCUT2D eigenvalue weighted by atomic mass is 10.1. The molecule has 0 radical (unpaired) electrons. The van der Waals surface area contributed by atoms with E-state index >= 15 is 0 Å². The lowest BCUT2D eigenvalue weighted by Gasteiger charge is -2.39. The monoisotopic (exact) mass is 342 g/mol. The second-order valence-corrected chi connectivity index (χ2v) is 7.32. The van der Waals surface area contributed by atoms with Crippen molar-refractivity contribution >= 4 is 27.5 Å². The molecule has 2 aromatic heterocycles. The summed E-state index contributed by atoms with van der Waals surface area (Å²) in [4.78, 5) is 26.5. The Balaban J connectivity index is 1.45. The Bertz CT molecular complexity index is 978. The average Bonchev–Trinajstić information content (AvgIpc) is 2.98. The van der Waals surface area contributed by atoms with Crippen LogP contribution in [0.2, 0.25) is 0 Å². The van der Waals surface area contributed by atoms with Gasteiger partial charge in [-0.2, -0.15) is 5.10 Å². The first-order chi connectivity index (χ1) is 11.5. The predicted octanol–water partition coefficient (Wildman–Crippen LogP) is 1.96. The van der Waals surface area contributed by atoms with Crippen molar-refractivity contribution in [1.29, 1.82) is 0 Å². The average molecular weight is 342 g/mol. The van der Waals surface area contributed by atoms with Gasteiger partial charge in [-0.25, -0.2) is 0 Å². The van der Waals surface area contributed by atoms with Crippen LogP contribution in [0.15, 0.2) is 35.1 Å². The van der Waals surface area contributed by atoms with E-state index in [4.69, 9.17) is 0 Å². The van der Waals surface area contributed by atoms with E-state index in [2.05, 4.69) is 5.10 Å². The topological polar surface area (TPSA) is 60.1 Å². The number of fused-ring (bicyclic) bond motifs is 1. The number of likely N-dealkylation sites (tertiary alicyclic amines) is 1. The Morgan fingerprint density at radius 1 is 1.29 bits per heavy atom. The van der Waals surface area contributed by atoms with E-state index in [0.29, 0.717) is 18.5 Å². The highest BCUT2D eigenvalue weighted by Gasteiger charge is 2.33. The standard InChI is InChI=1S/C17H18N4O2S/c1-11-7-12(2)21(18-11)13-8-19(9-13)16(22)10-20-17(23)14-5-3-4-6-15(14)24-20/h3-7,13H,8-10H2,1-2H3. The molecule has 0 spiro atoms. The smallest absolute Gasteiger partial charge is 0.268 e. The first-order valence-electron chi connectivity index (χ1n) is 7.92. The minimum absolute atomic E-state index is 0.0126. The molecule has 0 unspecified atom stereocenters. The van der Waals surface area contributed by atoms with Crippen LogP contribution in [0, 0.1) is 13.8 Å². The molecule has 6 nitrogen and oxygen atoms in total. The molecule has 124 valence electrons. The van der Waals surface area contributed by atoms with Gasteiger partial charge < -0.3 is 4.90 Å². The molecule has 0 aliphatic carbocycles. The van der Waals surface area contributed by atoms with Crippen molar-refractivity contribution < 1.29 is 4.79 Å². The summed E-state index contributed by atoms with van der Waals surface area (Å²) in [6, 6.07) is 9.74. The molecule has 1 saturated heterocycles. The van der Waals surface area contributed by atoms with Crippen molar-refractivity contribution in [2.45, 2.75) is 26.4 Å². The van der Waals surface area contributed by atoms with Crippen molar-refractivity contribution in [3.63, 3.8) is 0 Å². The second kappa shape index (κ2) is 5.59. The molecular formula is C17H18N4O2S. The summed E-state index contributed by atoms with van der Waals surface area (Å²) < 4.78 is 4.45. The number of benzene rings is 1. The van der Waals surface area contributed by atoms with E-state index in [1.165, 1.54) is 11.5 Å². The lowest BCUT2D eigenvalue weighted by Crippen LogP contribution is -2.52. The number of nitrogens with zero attached hydrogens (tertiary/aromatic N) is 4. The van der Waals surface area contributed by atoms with Gasteiger partial charge in [-0.05, 0) is 32.0 Å².